The molecule has 0 aromatic heterocycles. The number of methoxy groups -OCH3 is 3. The first-order valence-electron chi connectivity index (χ1n) is 10.2. The third kappa shape index (κ3) is 5.41. The highest BCUT2D eigenvalue weighted by Gasteiger charge is 2.35. The number of nitrogens with zero attached hydrogens (tertiary/aromatic N) is 1. The molecule has 1 saturated heterocycles. The zero-order chi connectivity index (χ0) is 25.0. The van der Waals surface area contributed by atoms with Crippen molar-refractivity contribution in [3.05, 3.63) is 45.9 Å². The predicted octanol–water partition coefficient (Wildman–Crippen LogP) is 3.84. The van der Waals surface area contributed by atoms with Crippen LogP contribution in [0.4, 0.5) is 5.69 Å². The van der Waals surface area contributed by atoms with E-state index in [9.17, 15) is 18.0 Å². The van der Waals surface area contributed by atoms with Crippen LogP contribution < -0.4 is 14.8 Å². The minimum Gasteiger partial charge on any atom is -0.493 e. The fraction of sp³-hybridized carbons (Fsp3) is 0.364. The Hall–Kier alpha value is -2.53. The van der Waals surface area contributed by atoms with Crippen LogP contribution in [0.3, 0.4) is 0 Å². The largest absolute Gasteiger partial charge is 0.493 e. The van der Waals surface area contributed by atoms with Crippen molar-refractivity contribution in [3.8, 4) is 11.5 Å². The molecule has 1 aliphatic rings. The molecule has 0 aliphatic carbocycles. The van der Waals surface area contributed by atoms with E-state index in [4.69, 9.17) is 37.4 Å². The summed E-state index contributed by atoms with van der Waals surface area (Å²) >= 11 is 12.1. The average Bonchev–Trinajstić information content (AvgIpc) is 2.84. The Morgan fingerprint density at radius 3 is 2.38 bits per heavy atom. The van der Waals surface area contributed by atoms with Gasteiger partial charge in [-0.15, -0.1) is 0 Å². The maximum absolute atomic E-state index is 13.2. The summed E-state index contributed by atoms with van der Waals surface area (Å²) in [5, 5.41) is 2.99. The Kier molecular flexibility index (Phi) is 8.29. The zero-order valence-electron chi connectivity index (χ0n) is 18.8. The third-order valence-corrected chi connectivity index (χ3v) is 8.03. The number of hydrogen-bond acceptors (Lipinski definition) is 7. The molecular formula is C22H24Cl2N2O7S. The second kappa shape index (κ2) is 10.8. The van der Waals surface area contributed by atoms with E-state index in [0.717, 1.165) is 0 Å². The van der Waals surface area contributed by atoms with Gasteiger partial charge in [-0.2, -0.15) is 4.31 Å². The topological polar surface area (TPSA) is 111 Å². The van der Waals surface area contributed by atoms with Gasteiger partial charge in [0.05, 0.1) is 43.5 Å². The second-order valence-corrected chi connectivity index (χ2v) is 10.3. The Morgan fingerprint density at radius 2 is 1.74 bits per heavy atom. The smallest absolute Gasteiger partial charge is 0.340 e. The first-order chi connectivity index (χ1) is 16.1. The van der Waals surface area contributed by atoms with Crippen molar-refractivity contribution in [2.75, 3.05) is 39.7 Å². The number of halogens is 2. The van der Waals surface area contributed by atoms with Gasteiger partial charge in [-0.3, -0.25) is 4.79 Å². The highest BCUT2D eigenvalue weighted by molar-refractivity contribution is 7.89. The summed E-state index contributed by atoms with van der Waals surface area (Å²) in [6, 6.07) is 7.05. The van der Waals surface area contributed by atoms with Crippen molar-refractivity contribution in [1.82, 2.24) is 4.31 Å². The van der Waals surface area contributed by atoms with E-state index in [0.29, 0.717) is 18.6 Å². The molecule has 1 atom stereocenters. The number of benzene rings is 2. The fourth-order valence-electron chi connectivity index (χ4n) is 3.68. The lowest BCUT2D eigenvalue weighted by atomic mass is 9.98. The summed E-state index contributed by atoms with van der Waals surface area (Å²) in [6.07, 6.45) is 0.924. The molecule has 2 aromatic carbocycles. The Morgan fingerprint density at radius 1 is 1.06 bits per heavy atom. The molecule has 0 saturated carbocycles. The molecule has 0 bridgehead atoms. The van der Waals surface area contributed by atoms with Gasteiger partial charge >= 0.3 is 5.97 Å². The minimum absolute atomic E-state index is 0.0454. The van der Waals surface area contributed by atoms with E-state index >= 15 is 0 Å². The van der Waals surface area contributed by atoms with Gasteiger partial charge in [0.25, 0.3) is 0 Å². The van der Waals surface area contributed by atoms with Gasteiger partial charge in [0, 0.05) is 30.2 Å². The van der Waals surface area contributed by atoms with Crippen LogP contribution >= 0.6 is 23.2 Å². The summed E-state index contributed by atoms with van der Waals surface area (Å²) in [6.45, 7) is 0.177. The second-order valence-electron chi connectivity index (χ2n) is 7.51. The molecule has 1 heterocycles. The summed E-state index contributed by atoms with van der Waals surface area (Å²) < 4.78 is 42.9. The van der Waals surface area contributed by atoms with E-state index in [1.807, 2.05) is 0 Å². The fourth-order valence-corrected chi connectivity index (χ4v) is 5.95. The lowest BCUT2D eigenvalue weighted by Gasteiger charge is -2.31. The molecule has 1 N–H and O–H groups in total. The molecule has 9 nitrogen and oxygen atoms in total. The van der Waals surface area contributed by atoms with Crippen molar-refractivity contribution in [1.29, 1.82) is 0 Å². The number of anilines is 1. The van der Waals surface area contributed by atoms with Crippen LogP contribution in [-0.2, 0) is 19.6 Å². The number of rotatable bonds is 7. The molecular weight excluding hydrogens is 507 g/mol. The van der Waals surface area contributed by atoms with Crippen molar-refractivity contribution in [3.63, 3.8) is 0 Å². The summed E-state index contributed by atoms with van der Waals surface area (Å²) in [4.78, 5) is 25.3. The molecule has 0 radical (unpaired) electrons. The highest BCUT2D eigenvalue weighted by atomic mass is 35.5. The molecule has 184 valence electrons. The molecule has 3 rings (SSSR count). The molecule has 2 aromatic rings. The normalized spacial score (nSPS) is 16.6. The Bertz CT molecular complexity index is 1200. The number of carbonyl (C=O) groups excluding carboxylic acids is 2. The lowest BCUT2D eigenvalue weighted by molar-refractivity contribution is -0.120. The van der Waals surface area contributed by atoms with Gasteiger partial charge in [0.2, 0.25) is 15.9 Å². The number of ether oxygens (including phenoxy) is 3. The number of amides is 1. The molecule has 12 heteroatoms. The van der Waals surface area contributed by atoms with Crippen LogP contribution in [-0.4, -0.2) is 59.0 Å². The molecule has 1 amide bonds. The van der Waals surface area contributed by atoms with E-state index in [1.165, 1.54) is 56.0 Å². The van der Waals surface area contributed by atoms with Crippen LogP contribution in [0.5, 0.6) is 11.5 Å². The third-order valence-electron chi connectivity index (χ3n) is 5.45. The number of esters is 1. The maximum Gasteiger partial charge on any atom is 0.340 e. The first kappa shape index (κ1) is 26.1. The summed E-state index contributed by atoms with van der Waals surface area (Å²) in [5.41, 5.74) is 0.229. The van der Waals surface area contributed by atoms with Crippen LogP contribution in [0, 0.1) is 5.92 Å². The van der Waals surface area contributed by atoms with Gasteiger partial charge in [-0.25, -0.2) is 13.2 Å². The van der Waals surface area contributed by atoms with E-state index in [-0.39, 0.29) is 45.0 Å². The molecule has 0 unspecified atom stereocenters. The van der Waals surface area contributed by atoms with Gasteiger partial charge in [-0.1, -0.05) is 23.2 Å². The SMILES string of the molecule is COC(=O)c1cc(OC)c(OC)cc1NC(=O)[C@@H]1CCCN(S(=O)(=O)c2cc(Cl)ccc2Cl)C1. The first-order valence-corrected chi connectivity index (χ1v) is 12.4. The Labute approximate surface area is 207 Å². The maximum atomic E-state index is 13.2. The van der Waals surface area contributed by atoms with E-state index in [1.54, 1.807) is 0 Å². The van der Waals surface area contributed by atoms with Crippen molar-refractivity contribution in [2.45, 2.75) is 17.7 Å². The number of hydrogen-bond donors (Lipinski definition) is 1. The van der Waals surface area contributed by atoms with Gasteiger partial charge in [0.1, 0.15) is 4.90 Å². The van der Waals surface area contributed by atoms with Crippen molar-refractivity contribution in [2.24, 2.45) is 5.92 Å². The molecule has 1 aliphatic heterocycles. The van der Waals surface area contributed by atoms with E-state index in [2.05, 4.69) is 5.32 Å². The Balaban J connectivity index is 1.86. The average molecular weight is 531 g/mol. The molecule has 0 spiro atoms. The lowest BCUT2D eigenvalue weighted by Crippen LogP contribution is -2.43. The number of carbonyl (C=O) groups is 2. The highest BCUT2D eigenvalue weighted by Crippen LogP contribution is 2.35. The number of sulfonamides is 1. The predicted molar refractivity (Wildman–Crippen MR) is 127 cm³/mol. The van der Waals surface area contributed by atoms with Crippen molar-refractivity contribution >= 4 is 50.8 Å². The van der Waals surface area contributed by atoms with Crippen molar-refractivity contribution < 1.29 is 32.2 Å². The zero-order valence-corrected chi connectivity index (χ0v) is 21.1. The molecule has 34 heavy (non-hydrogen) atoms. The molecule has 1 fully saturated rings. The van der Waals surface area contributed by atoms with Crippen LogP contribution in [0.15, 0.2) is 35.2 Å². The van der Waals surface area contributed by atoms with Gasteiger partial charge < -0.3 is 19.5 Å². The minimum atomic E-state index is -3.97. The summed E-state index contributed by atoms with van der Waals surface area (Å²) in [5.74, 6) is -1.21. The standard InChI is InChI=1S/C22H24Cl2N2O7S/c1-31-18-10-15(22(28)33-3)17(11-19(18)32-2)25-21(27)13-5-4-8-26(12-13)34(29,30)20-9-14(23)6-7-16(20)24/h6-7,9-11,13H,4-5,8,12H2,1-3H3,(H,25,27)/t13-/m1/s1. The van der Waals surface area contributed by atoms with Crippen LogP contribution in [0.25, 0.3) is 0 Å². The summed E-state index contributed by atoms with van der Waals surface area (Å²) in [7, 11) is 0.0841. The number of nitrogens with one attached hydrogen (secondary N) is 1. The van der Waals surface area contributed by atoms with Gasteiger partial charge in [-0.05, 0) is 31.0 Å². The number of piperidine rings is 1. The van der Waals surface area contributed by atoms with Gasteiger partial charge in [0.15, 0.2) is 11.5 Å². The van der Waals surface area contributed by atoms with Crippen LogP contribution in [0.1, 0.15) is 23.2 Å². The quantitative estimate of drug-likeness (QED) is 0.541. The van der Waals surface area contributed by atoms with Crippen LogP contribution in [0.2, 0.25) is 10.0 Å². The monoisotopic (exact) mass is 530 g/mol. The van der Waals surface area contributed by atoms with E-state index < -0.39 is 27.8 Å².